The number of rotatable bonds is 14. The molecule has 0 saturated heterocycles. The Bertz CT molecular complexity index is 668. The van der Waals surface area contributed by atoms with Crippen molar-refractivity contribution in [3.05, 3.63) is 11.6 Å². The third kappa shape index (κ3) is 8.76. The number of amides is 2. The average molecular weight is 468 g/mol. The molecule has 0 unspecified atom stereocenters. The van der Waals surface area contributed by atoms with Gasteiger partial charge in [-0.05, 0) is 52.4 Å². The van der Waals surface area contributed by atoms with Crippen molar-refractivity contribution in [1.82, 2.24) is 15.5 Å². The largest absolute Gasteiger partial charge is 0.463 e. The molecule has 0 saturated carbocycles. The van der Waals surface area contributed by atoms with E-state index in [-0.39, 0.29) is 41.7 Å². The summed E-state index contributed by atoms with van der Waals surface area (Å²) in [6.45, 7) is 19.8. The summed E-state index contributed by atoms with van der Waals surface area (Å²) in [4.78, 5) is 40.9. The minimum Gasteiger partial charge on any atom is -0.463 e. The zero-order valence-electron chi connectivity index (χ0n) is 22.9. The van der Waals surface area contributed by atoms with Gasteiger partial charge in [-0.15, -0.1) is 0 Å². The molecule has 192 valence electrons. The third-order valence-corrected chi connectivity index (χ3v) is 6.47. The van der Waals surface area contributed by atoms with Crippen LogP contribution in [0.4, 0.5) is 0 Å². The van der Waals surface area contributed by atoms with Crippen LogP contribution in [-0.4, -0.2) is 60.0 Å². The van der Waals surface area contributed by atoms with Crippen molar-refractivity contribution in [3.63, 3.8) is 0 Å². The van der Waals surface area contributed by atoms with E-state index in [1.807, 2.05) is 55.4 Å². The lowest BCUT2D eigenvalue weighted by Crippen LogP contribution is -2.63. The van der Waals surface area contributed by atoms with E-state index < -0.39 is 11.6 Å². The van der Waals surface area contributed by atoms with Crippen molar-refractivity contribution >= 4 is 17.8 Å². The van der Waals surface area contributed by atoms with Crippen molar-refractivity contribution in [2.75, 3.05) is 13.7 Å². The predicted molar refractivity (Wildman–Crippen MR) is 135 cm³/mol. The molecule has 2 amide bonds. The van der Waals surface area contributed by atoms with Crippen LogP contribution in [0.25, 0.3) is 0 Å². The normalized spacial score (nSPS) is 15.2. The first-order chi connectivity index (χ1) is 15.3. The molecule has 7 heteroatoms. The van der Waals surface area contributed by atoms with E-state index in [4.69, 9.17) is 4.74 Å². The summed E-state index contributed by atoms with van der Waals surface area (Å²) < 4.78 is 5.10. The van der Waals surface area contributed by atoms with Crippen LogP contribution in [0.1, 0.15) is 88.5 Å². The Morgan fingerprint density at radius 2 is 1.55 bits per heavy atom. The predicted octanol–water partition coefficient (Wildman–Crippen LogP) is 4.07. The fourth-order valence-corrected chi connectivity index (χ4v) is 4.04. The van der Waals surface area contributed by atoms with E-state index in [1.165, 1.54) is 0 Å². The maximum absolute atomic E-state index is 13.7. The fraction of sp³-hybridized carbons (Fsp3) is 0.808. The van der Waals surface area contributed by atoms with Crippen molar-refractivity contribution in [2.45, 2.75) is 112 Å². The monoisotopic (exact) mass is 467 g/mol. The van der Waals surface area contributed by atoms with Gasteiger partial charge in [-0.3, -0.25) is 9.59 Å². The third-order valence-electron chi connectivity index (χ3n) is 6.47. The molecule has 0 radical (unpaired) electrons. The minimum absolute atomic E-state index is 0.0442. The van der Waals surface area contributed by atoms with Gasteiger partial charge in [0.2, 0.25) is 11.8 Å². The molecular weight excluding hydrogens is 418 g/mol. The zero-order chi connectivity index (χ0) is 25.9. The Morgan fingerprint density at radius 1 is 1.00 bits per heavy atom. The van der Waals surface area contributed by atoms with E-state index in [1.54, 1.807) is 31.9 Å². The summed E-state index contributed by atoms with van der Waals surface area (Å²) in [6.07, 6.45) is 3.79. The van der Waals surface area contributed by atoms with Crippen LogP contribution < -0.4 is 10.6 Å². The van der Waals surface area contributed by atoms with Crippen molar-refractivity contribution in [3.8, 4) is 0 Å². The molecule has 0 rings (SSSR count). The number of likely N-dealkylation sites (N-methyl/N-ethyl adjacent to an activating group) is 1. The fourth-order valence-electron chi connectivity index (χ4n) is 4.04. The molecule has 0 aromatic carbocycles. The Hall–Kier alpha value is -1.89. The number of nitrogens with zero attached hydrogens (tertiary/aromatic N) is 1. The molecule has 0 aromatic heterocycles. The molecule has 33 heavy (non-hydrogen) atoms. The van der Waals surface area contributed by atoms with Crippen molar-refractivity contribution in [1.29, 1.82) is 0 Å². The summed E-state index contributed by atoms with van der Waals surface area (Å²) in [5, 5.41) is 6.50. The first-order valence-electron chi connectivity index (χ1n) is 12.5. The van der Waals surface area contributed by atoms with Gasteiger partial charge in [-0.2, -0.15) is 0 Å². The van der Waals surface area contributed by atoms with Gasteiger partial charge in [0, 0.05) is 18.7 Å². The van der Waals surface area contributed by atoms with Crippen LogP contribution in [0.2, 0.25) is 0 Å². The van der Waals surface area contributed by atoms with Crippen molar-refractivity contribution < 1.29 is 19.1 Å². The van der Waals surface area contributed by atoms with Crippen LogP contribution in [0.5, 0.6) is 0 Å². The van der Waals surface area contributed by atoms with E-state index in [9.17, 15) is 14.4 Å². The Balaban J connectivity index is 6.00. The van der Waals surface area contributed by atoms with Gasteiger partial charge in [-0.1, -0.05) is 54.0 Å². The summed E-state index contributed by atoms with van der Waals surface area (Å²) in [7, 11) is 1.74. The van der Waals surface area contributed by atoms with Gasteiger partial charge in [0.1, 0.15) is 6.04 Å². The van der Waals surface area contributed by atoms with Gasteiger partial charge in [0.25, 0.3) is 0 Å². The molecule has 0 spiro atoms. The van der Waals surface area contributed by atoms with E-state index in [0.29, 0.717) is 25.0 Å². The maximum Gasteiger partial charge on any atom is 0.333 e. The highest BCUT2D eigenvalue weighted by Crippen LogP contribution is 2.21. The molecule has 0 aliphatic heterocycles. The van der Waals surface area contributed by atoms with Gasteiger partial charge in [0.15, 0.2) is 0 Å². The molecule has 0 heterocycles. The van der Waals surface area contributed by atoms with Crippen molar-refractivity contribution in [2.24, 2.45) is 11.8 Å². The Morgan fingerprint density at radius 3 is 1.94 bits per heavy atom. The second-order valence-corrected chi connectivity index (χ2v) is 9.68. The molecular formula is C26H49N3O4. The molecule has 0 aliphatic carbocycles. The van der Waals surface area contributed by atoms with E-state index in [2.05, 4.69) is 10.6 Å². The van der Waals surface area contributed by atoms with E-state index >= 15 is 0 Å². The maximum atomic E-state index is 13.7. The van der Waals surface area contributed by atoms with Crippen LogP contribution in [-0.2, 0) is 19.1 Å². The topological polar surface area (TPSA) is 87.7 Å². The van der Waals surface area contributed by atoms with E-state index in [0.717, 1.165) is 6.42 Å². The first kappa shape index (κ1) is 31.1. The lowest BCUT2D eigenvalue weighted by Gasteiger charge is -2.38. The lowest BCUT2D eigenvalue weighted by atomic mass is 9.88. The van der Waals surface area contributed by atoms with Crippen LogP contribution in [0.15, 0.2) is 11.6 Å². The summed E-state index contributed by atoms with van der Waals surface area (Å²) >= 11 is 0. The molecule has 2 N–H and O–H groups in total. The number of carbonyl (C=O) groups is 3. The van der Waals surface area contributed by atoms with Gasteiger partial charge in [-0.25, -0.2) is 4.79 Å². The SMILES string of the molecule is CCOC(=O)C(C)=C[C@H](C(C)C)N(C)C(=O)[C@@H](NC(=O)C(CC)(CC)NC(C)C)[C@@H](C)CC. The summed E-state index contributed by atoms with van der Waals surface area (Å²) in [5.74, 6) is -0.657. The van der Waals surface area contributed by atoms with Gasteiger partial charge >= 0.3 is 5.97 Å². The smallest absolute Gasteiger partial charge is 0.333 e. The number of carbonyl (C=O) groups excluding carboxylic acids is 3. The Labute approximate surface area is 202 Å². The van der Waals surface area contributed by atoms with Crippen LogP contribution in [0.3, 0.4) is 0 Å². The summed E-state index contributed by atoms with van der Waals surface area (Å²) in [6, 6.07) is -0.824. The number of hydrogen-bond acceptors (Lipinski definition) is 5. The molecule has 0 fully saturated rings. The number of ether oxygens (including phenoxy) is 1. The minimum atomic E-state index is -0.726. The highest BCUT2D eigenvalue weighted by atomic mass is 16.5. The summed E-state index contributed by atoms with van der Waals surface area (Å²) in [5.41, 5.74) is -0.257. The number of esters is 1. The average Bonchev–Trinajstić information content (AvgIpc) is 2.77. The molecule has 3 atom stereocenters. The number of nitrogens with one attached hydrogen (secondary N) is 2. The number of hydrogen-bond donors (Lipinski definition) is 2. The second kappa shape index (κ2) is 14.4. The Kier molecular flexibility index (Phi) is 13.6. The van der Waals surface area contributed by atoms with Gasteiger partial charge in [0.05, 0.1) is 18.2 Å². The van der Waals surface area contributed by atoms with Crippen LogP contribution in [0, 0.1) is 11.8 Å². The molecule has 0 aromatic rings. The van der Waals surface area contributed by atoms with Gasteiger partial charge < -0.3 is 20.3 Å². The first-order valence-corrected chi connectivity index (χ1v) is 12.5. The highest BCUT2D eigenvalue weighted by Gasteiger charge is 2.39. The molecule has 7 nitrogen and oxygen atoms in total. The second-order valence-electron chi connectivity index (χ2n) is 9.68. The standard InChI is InChI=1S/C26H49N3O4/c1-12-19(9)22(27-25(32)26(13-2,14-3)28-18(7)8)23(30)29(11)21(17(5)6)16-20(10)24(31)33-15-4/h16-19,21-22,28H,12-15H2,1-11H3,(H,27,32)/t19-,21+,22-/m0/s1. The zero-order valence-corrected chi connectivity index (χ0v) is 22.9. The quantitative estimate of drug-likeness (QED) is 0.297. The van der Waals surface area contributed by atoms with Crippen LogP contribution >= 0.6 is 0 Å². The molecule has 0 aliphatic rings. The highest BCUT2D eigenvalue weighted by molar-refractivity contribution is 5.92. The molecule has 0 bridgehead atoms. The lowest BCUT2D eigenvalue weighted by molar-refractivity contribution is -0.140.